The first-order chi connectivity index (χ1) is 8.22. The summed E-state index contributed by atoms with van der Waals surface area (Å²) in [5, 5.41) is 21.0. The summed E-state index contributed by atoms with van der Waals surface area (Å²) in [6.07, 6.45) is 1.46. The largest absolute Gasteiger partial charge is 0.478 e. The summed E-state index contributed by atoms with van der Waals surface area (Å²) in [5.74, 6) is -0.635. The summed E-state index contributed by atoms with van der Waals surface area (Å²) in [6.45, 7) is 0.334. The number of aliphatic hydroxyl groups excluding tert-OH is 1. The van der Waals surface area contributed by atoms with Crippen LogP contribution in [0.2, 0.25) is 0 Å². The van der Waals surface area contributed by atoms with E-state index in [1.807, 2.05) is 0 Å². The zero-order valence-corrected chi connectivity index (χ0v) is 8.92. The third-order valence-electron chi connectivity index (χ3n) is 2.25. The van der Waals surface area contributed by atoms with Crippen molar-refractivity contribution in [3.8, 4) is 0 Å². The molecule has 17 heavy (non-hydrogen) atoms. The van der Waals surface area contributed by atoms with Gasteiger partial charge in [0.15, 0.2) is 0 Å². The number of hydrogen-bond donors (Lipinski definition) is 3. The van der Waals surface area contributed by atoms with Gasteiger partial charge in [0.2, 0.25) is 5.95 Å². The van der Waals surface area contributed by atoms with E-state index in [1.54, 1.807) is 12.1 Å². The Bertz CT molecular complexity index is 557. The predicted octanol–water partition coefficient (Wildman–Crippen LogP) is 0.732. The number of nitrogens with one attached hydrogen (secondary N) is 1. The van der Waals surface area contributed by atoms with Crippen LogP contribution in [0.25, 0.3) is 10.9 Å². The second-order valence-corrected chi connectivity index (χ2v) is 3.39. The Hall–Kier alpha value is -2.21. The monoisotopic (exact) mass is 233 g/mol. The van der Waals surface area contributed by atoms with Crippen LogP contribution in [0.15, 0.2) is 24.4 Å². The van der Waals surface area contributed by atoms with E-state index >= 15 is 0 Å². The quantitative estimate of drug-likeness (QED) is 0.720. The van der Waals surface area contributed by atoms with Crippen molar-refractivity contribution >= 4 is 22.8 Å². The molecule has 0 radical (unpaired) electrons. The summed E-state index contributed by atoms with van der Waals surface area (Å²) in [7, 11) is 0. The first kappa shape index (κ1) is 11.3. The maximum Gasteiger partial charge on any atom is 0.336 e. The van der Waals surface area contributed by atoms with Gasteiger partial charge in [0.05, 0.1) is 17.7 Å². The molecule has 0 bridgehead atoms. The third kappa shape index (κ3) is 2.31. The van der Waals surface area contributed by atoms with E-state index in [2.05, 4.69) is 15.3 Å². The Balaban J connectivity index is 2.45. The second-order valence-electron chi connectivity index (χ2n) is 3.39. The van der Waals surface area contributed by atoms with Crippen LogP contribution in [-0.4, -0.2) is 39.3 Å². The lowest BCUT2D eigenvalue weighted by molar-refractivity contribution is 0.0699. The molecule has 0 saturated heterocycles. The fourth-order valence-corrected chi connectivity index (χ4v) is 1.49. The summed E-state index contributed by atoms with van der Waals surface area (Å²) in [6, 6.07) is 4.86. The van der Waals surface area contributed by atoms with Crippen LogP contribution in [-0.2, 0) is 0 Å². The highest BCUT2D eigenvalue weighted by molar-refractivity contribution is 6.02. The van der Waals surface area contributed by atoms with Crippen molar-refractivity contribution in [1.29, 1.82) is 0 Å². The summed E-state index contributed by atoms with van der Waals surface area (Å²) in [4.78, 5) is 19.1. The standard InChI is InChI=1S/C11H11N3O3/c15-5-4-12-11-13-6-8-7(10(16)17)2-1-3-9(8)14-11/h1-3,6,15H,4-5H2,(H,16,17)(H,12,13,14). The molecule has 6 nitrogen and oxygen atoms in total. The molecule has 0 fully saturated rings. The number of aliphatic hydroxyl groups is 1. The van der Waals surface area contributed by atoms with Crippen LogP contribution in [0.5, 0.6) is 0 Å². The van der Waals surface area contributed by atoms with Gasteiger partial charge in [-0.1, -0.05) is 6.07 Å². The molecule has 0 aliphatic carbocycles. The minimum absolute atomic E-state index is 0.0173. The number of fused-ring (bicyclic) bond motifs is 1. The molecule has 88 valence electrons. The summed E-state index contributed by atoms with van der Waals surface area (Å²) in [5.41, 5.74) is 0.733. The van der Waals surface area contributed by atoms with Crippen molar-refractivity contribution in [3.05, 3.63) is 30.0 Å². The topological polar surface area (TPSA) is 95.3 Å². The Morgan fingerprint density at radius 1 is 1.41 bits per heavy atom. The van der Waals surface area contributed by atoms with Gasteiger partial charge in [-0.25, -0.2) is 14.8 Å². The fourth-order valence-electron chi connectivity index (χ4n) is 1.49. The van der Waals surface area contributed by atoms with E-state index in [-0.39, 0.29) is 12.2 Å². The van der Waals surface area contributed by atoms with E-state index < -0.39 is 5.97 Å². The van der Waals surface area contributed by atoms with Gasteiger partial charge in [-0.05, 0) is 12.1 Å². The maximum absolute atomic E-state index is 11.0. The Labute approximate surface area is 96.9 Å². The molecule has 0 atom stereocenters. The van der Waals surface area contributed by atoms with Crippen molar-refractivity contribution in [2.45, 2.75) is 0 Å². The number of rotatable bonds is 4. The van der Waals surface area contributed by atoms with Crippen molar-refractivity contribution < 1.29 is 15.0 Å². The van der Waals surface area contributed by atoms with Gasteiger partial charge < -0.3 is 15.5 Å². The highest BCUT2D eigenvalue weighted by atomic mass is 16.4. The van der Waals surface area contributed by atoms with Gasteiger partial charge in [-0.15, -0.1) is 0 Å². The average molecular weight is 233 g/mol. The normalized spacial score (nSPS) is 10.4. The molecule has 2 rings (SSSR count). The van der Waals surface area contributed by atoms with E-state index in [9.17, 15) is 4.79 Å². The number of nitrogens with zero attached hydrogens (tertiary/aromatic N) is 2. The van der Waals surface area contributed by atoms with Gasteiger partial charge in [0.1, 0.15) is 0 Å². The van der Waals surface area contributed by atoms with Crippen LogP contribution in [0, 0.1) is 0 Å². The smallest absolute Gasteiger partial charge is 0.336 e. The molecule has 2 aromatic rings. The van der Waals surface area contributed by atoms with Crippen molar-refractivity contribution in [2.75, 3.05) is 18.5 Å². The molecule has 0 aliphatic rings. The molecule has 0 spiro atoms. The zero-order valence-electron chi connectivity index (χ0n) is 8.92. The van der Waals surface area contributed by atoms with Gasteiger partial charge in [0, 0.05) is 18.1 Å². The number of aromatic carboxylic acids is 1. The maximum atomic E-state index is 11.0. The van der Waals surface area contributed by atoms with Gasteiger partial charge >= 0.3 is 5.97 Å². The second kappa shape index (κ2) is 4.75. The first-order valence-electron chi connectivity index (χ1n) is 5.06. The Morgan fingerprint density at radius 3 is 2.94 bits per heavy atom. The lowest BCUT2D eigenvalue weighted by atomic mass is 10.1. The number of carbonyl (C=O) groups is 1. The van der Waals surface area contributed by atoms with Gasteiger partial charge in [-0.2, -0.15) is 0 Å². The zero-order chi connectivity index (χ0) is 12.3. The van der Waals surface area contributed by atoms with Crippen molar-refractivity contribution in [1.82, 2.24) is 9.97 Å². The van der Waals surface area contributed by atoms with E-state index in [0.717, 1.165) is 0 Å². The molecular weight excluding hydrogens is 222 g/mol. The molecule has 3 N–H and O–H groups in total. The lowest BCUT2D eigenvalue weighted by Crippen LogP contribution is -2.09. The van der Waals surface area contributed by atoms with E-state index in [0.29, 0.717) is 23.4 Å². The minimum atomic E-state index is -1.00. The Morgan fingerprint density at radius 2 is 2.24 bits per heavy atom. The Kier molecular flexibility index (Phi) is 3.15. The molecule has 0 amide bonds. The number of aromatic nitrogens is 2. The SMILES string of the molecule is O=C(O)c1cccc2nc(NCCO)ncc12. The molecule has 1 heterocycles. The molecule has 0 saturated carbocycles. The molecule has 0 unspecified atom stereocenters. The molecular formula is C11H11N3O3. The third-order valence-corrected chi connectivity index (χ3v) is 2.25. The molecule has 1 aromatic heterocycles. The summed E-state index contributed by atoms with van der Waals surface area (Å²) >= 11 is 0. The number of benzene rings is 1. The van der Waals surface area contributed by atoms with Crippen LogP contribution in [0.4, 0.5) is 5.95 Å². The highest BCUT2D eigenvalue weighted by Crippen LogP contribution is 2.17. The predicted molar refractivity (Wildman–Crippen MR) is 62.1 cm³/mol. The number of anilines is 1. The minimum Gasteiger partial charge on any atom is -0.478 e. The molecule has 0 aliphatic heterocycles. The van der Waals surface area contributed by atoms with Gasteiger partial charge in [0.25, 0.3) is 0 Å². The van der Waals surface area contributed by atoms with Crippen LogP contribution in [0.3, 0.4) is 0 Å². The van der Waals surface area contributed by atoms with Crippen molar-refractivity contribution in [2.24, 2.45) is 0 Å². The van der Waals surface area contributed by atoms with Crippen molar-refractivity contribution in [3.63, 3.8) is 0 Å². The number of carboxylic acids is 1. The van der Waals surface area contributed by atoms with Crippen LogP contribution >= 0.6 is 0 Å². The number of carboxylic acid groups (broad SMARTS) is 1. The molecule has 6 heteroatoms. The van der Waals surface area contributed by atoms with E-state index in [1.165, 1.54) is 12.3 Å². The lowest BCUT2D eigenvalue weighted by Gasteiger charge is -2.05. The van der Waals surface area contributed by atoms with E-state index in [4.69, 9.17) is 10.2 Å². The average Bonchev–Trinajstić information content (AvgIpc) is 2.35. The van der Waals surface area contributed by atoms with Gasteiger partial charge in [-0.3, -0.25) is 0 Å². The molecule has 1 aromatic carbocycles. The highest BCUT2D eigenvalue weighted by Gasteiger charge is 2.09. The number of hydrogen-bond acceptors (Lipinski definition) is 5. The van der Waals surface area contributed by atoms with Crippen LogP contribution in [0.1, 0.15) is 10.4 Å². The first-order valence-corrected chi connectivity index (χ1v) is 5.06. The fraction of sp³-hybridized carbons (Fsp3) is 0.182. The van der Waals surface area contributed by atoms with Crippen LogP contribution < -0.4 is 5.32 Å². The summed E-state index contributed by atoms with van der Waals surface area (Å²) < 4.78 is 0.